The topological polar surface area (TPSA) is 151 Å². The van der Waals surface area contributed by atoms with Crippen molar-refractivity contribution in [2.75, 3.05) is 37.8 Å². The normalized spacial score (nSPS) is 11.9. The first kappa shape index (κ1) is 46.6. The molecule has 0 aliphatic rings. The van der Waals surface area contributed by atoms with Crippen LogP contribution in [0.25, 0.3) is 27.5 Å². The van der Waals surface area contributed by atoms with Gasteiger partial charge < -0.3 is 20.1 Å². The summed E-state index contributed by atoms with van der Waals surface area (Å²) in [6.45, 7) is 10.4. The number of carboxylic acids is 1. The van der Waals surface area contributed by atoms with E-state index in [1.54, 1.807) is 40.5 Å². The lowest BCUT2D eigenvalue weighted by Crippen LogP contribution is -2.31. The van der Waals surface area contributed by atoms with Gasteiger partial charge >= 0.3 is 5.97 Å². The van der Waals surface area contributed by atoms with Crippen LogP contribution in [0.3, 0.4) is 0 Å². The number of hydrogen-bond acceptors (Lipinski definition) is 10. The summed E-state index contributed by atoms with van der Waals surface area (Å²) in [5.41, 5.74) is 5.20. The summed E-state index contributed by atoms with van der Waals surface area (Å²) in [7, 11) is 2.10. The standard InChI is InChI=1S/C51H54N6O6S2/c1-33(2)31-55(5)26-25-38(32-64-39-16-7-6-8-17-39)52-43-24-23-40(30-46(43)57(61)62)65-54-50(58)37-28-34(3)48(35(4)29-37)45-21-12-20-44-42(49(51(59)60)53-56(44)45)19-13-27-63-47-22-11-15-36-14-9-10-18-41(36)47/h6-12,14-18,20-24,28-30,33,38,52H,13,19,25-27,31-32H2,1-5H3,(H,54,58)(H,59,60). The lowest BCUT2D eigenvalue weighted by molar-refractivity contribution is -0.384. The zero-order valence-electron chi connectivity index (χ0n) is 37.2. The molecular formula is C51H54N6O6S2. The maximum atomic E-state index is 13.6. The fourth-order valence-electron chi connectivity index (χ4n) is 8.21. The van der Waals surface area contributed by atoms with Crippen molar-refractivity contribution in [1.82, 2.24) is 19.2 Å². The van der Waals surface area contributed by atoms with Gasteiger partial charge in [-0.1, -0.05) is 74.5 Å². The predicted molar refractivity (Wildman–Crippen MR) is 263 cm³/mol. The third-order valence-corrected chi connectivity index (χ3v) is 13.1. The molecule has 0 radical (unpaired) electrons. The number of nitro benzene ring substituents is 1. The van der Waals surface area contributed by atoms with Gasteiger partial charge in [-0.25, -0.2) is 9.31 Å². The van der Waals surface area contributed by atoms with Crippen molar-refractivity contribution in [3.8, 4) is 17.0 Å². The summed E-state index contributed by atoms with van der Waals surface area (Å²) in [6, 6.07) is 38.2. The molecule has 2 aromatic heterocycles. The van der Waals surface area contributed by atoms with Gasteiger partial charge in [0.25, 0.3) is 11.6 Å². The SMILES string of the molecule is Cc1cc(C(=O)NSc2ccc(NC(CCN(C)CC(C)C)CSc3ccccc3)c([N+](=O)[O-])c2)cc(C)c1-c1cccc2c(CCCOc3cccc4ccccc34)c(C(=O)O)nn12. The number of carbonyl (C=O) groups is 2. The third-order valence-electron chi connectivity index (χ3n) is 11.1. The fourth-order valence-corrected chi connectivity index (χ4v) is 9.84. The molecule has 1 amide bonds. The zero-order chi connectivity index (χ0) is 46.0. The Morgan fingerprint density at radius 3 is 2.37 bits per heavy atom. The van der Waals surface area contributed by atoms with E-state index in [1.165, 1.54) is 6.07 Å². The monoisotopic (exact) mass is 910 g/mol. The van der Waals surface area contributed by atoms with E-state index in [4.69, 9.17) is 4.74 Å². The summed E-state index contributed by atoms with van der Waals surface area (Å²) in [5, 5.41) is 32.8. The molecule has 1 unspecified atom stereocenters. The number of hydrogen-bond donors (Lipinski definition) is 3. The number of aryl methyl sites for hydroxylation is 3. The summed E-state index contributed by atoms with van der Waals surface area (Å²) >= 11 is 2.73. The molecule has 0 aliphatic carbocycles. The molecule has 0 aliphatic heterocycles. The first-order valence-electron chi connectivity index (χ1n) is 21.7. The van der Waals surface area contributed by atoms with Crippen molar-refractivity contribution in [3.05, 3.63) is 159 Å². The number of anilines is 1. The van der Waals surface area contributed by atoms with Crippen molar-refractivity contribution in [2.45, 2.75) is 62.8 Å². The van der Waals surface area contributed by atoms with E-state index in [0.29, 0.717) is 58.3 Å². The van der Waals surface area contributed by atoms with E-state index in [-0.39, 0.29) is 23.3 Å². The highest BCUT2D eigenvalue weighted by molar-refractivity contribution is 7.99. The number of nitrogens with zero attached hydrogens (tertiary/aromatic N) is 4. The van der Waals surface area contributed by atoms with Crippen molar-refractivity contribution in [1.29, 1.82) is 0 Å². The molecule has 0 bridgehead atoms. The van der Waals surface area contributed by atoms with Gasteiger partial charge in [-0.3, -0.25) is 19.6 Å². The minimum Gasteiger partial charge on any atom is -0.493 e. The lowest BCUT2D eigenvalue weighted by Gasteiger charge is -2.24. The highest BCUT2D eigenvalue weighted by Crippen LogP contribution is 2.34. The van der Waals surface area contributed by atoms with Crippen LogP contribution in [0.4, 0.5) is 11.4 Å². The largest absolute Gasteiger partial charge is 0.493 e. The van der Waals surface area contributed by atoms with Crippen LogP contribution in [0, 0.1) is 29.9 Å². The molecule has 12 nitrogen and oxygen atoms in total. The summed E-state index contributed by atoms with van der Waals surface area (Å²) in [4.78, 5) is 42.1. The minimum absolute atomic E-state index is 0.0122. The van der Waals surface area contributed by atoms with Gasteiger partial charge in [-0.15, -0.1) is 11.8 Å². The molecule has 14 heteroatoms. The Morgan fingerprint density at radius 2 is 1.63 bits per heavy atom. The van der Waals surface area contributed by atoms with Crippen LogP contribution in [-0.2, 0) is 6.42 Å². The van der Waals surface area contributed by atoms with Crippen molar-refractivity contribution >= 4 is 63.3 Å². The maximum absolute atomic E-state index is 13.6. The van der Waals surface area contributed by atoms with Gasteiger partial charge in [0.1, 0.15) is 11.4 Å². The molecule has 3 N–H and O–H groups in total. The third kappa shape index (κ3) is 11.7. The Kier molecular flexibility index (Phi) is 15.5. The van der Waals surface area contributed by atoms with E-state index in [0.717, 1.165) is 75.3 Å². The van der Waals surface area contributed by atoms with E-state index in [9.17, 15) is 24.8 Å². The molecule has 7 rings (SSSR count). The number of benzene rings is 5. The van der Waals surface area contributed by atoms with Crippen molar-refractivity contribution < 1.29 is 24.4 Å². The summed E-state index contributed by atoms with van der Waals surface area (Å²) in [5.74, 6) is 0.570. The molecular weight excluding hydrogens is 857 g/mol. The Morgan fingerprint density at radius 1 is 0.908 bits per heavy atom. The molecule has 0 saturated carbocycles. The second-order valence-corrected chi connectivity index (χ2v) is 18.6. The van der Waals surface area contributed by atoms with Crippen LogP contribution < -0.4 is 14.8 Å². The first-order valence-corrected chi connectivity index (χ1v) is 23.5. The summed E-state index contributed by atoms with van der Waals surface area (Å²) in [6.07, 6.45) is 1.83. The number of aromatic carboxylic acids is 1. The zero-order valence-corrected chi connectivity index (χ0v) is 38.9. The number of ether oxygens (including phenoxy) is 1. The number of pyridine rings is 1. The van der Waals surface area contributed by atoms with Crippen LogP contribution in [0.5, 0.6) is 5.75 Å². The van der Waals surface area contributed by atoms with Crippen LogP contribution in [0.2, 0.25) is 0 Å². The number of thioether (sulfide) groups is 1. The molecule has 5 aromatic carbocycles. The Bertz CT molecular complexity index is 2790. The Hall–Kier alpha value is -6.35. The average molecular weight is 911 g/mol. The smallest absolute Gasteiger partial charge is 0.356 e. The molecule has 0 saturated heterocycles. The van der Waals surface area contributed by atoms with Gasteiger partial charge in [-0.05, 0) is 136 Å². The first-order chi connectivity index (χ1) is 31.4. The van der Waals surface area contributed by atoms with Gasteiger partial charge in [0, 0.05) is 56.3 Å². The second-order valence-electron chi connectivity index (χ2n) is 16.6. The number of carboxylic acid groups (broad SMARTS) is 1. The Balaban J connectivity index is 1.03. The van der Waals surface area contributed by atoms with Crippen molar-refractivity contribution in [3.63, 3.8) is 0 Å². The van der Waals surface area contributed by atoms with E-state index in [2.05, 4.69) is 53.1 Å². The maximum Gasteiger partial charge on any atom is 0.356 e. The Labute approximate surface area is 388 Å². The van der Waals surface area contributed by atoms with E-state index in [1.807, 2.05) is 92.7 Å². The number of nitrogens with one attached hydrogen (secondary N) is 2. The van der Waals surface area contributed by atoms with Gasteiger partial charge in [-0.2, -0.15) is 5.10 Å². The number of nitro groups is 1. The summed E-state index contributed by atoms with van der Waals surface area (Å²) < 4.78 is 10.7. The van der Waals surface area contributed by atoms with Crippen LogP contribution in [0.15, 0.2) is 131 Å². The molecule has 1 atom stereocenters. The second kappa shape index (κ2) is 21.6. The number of amides is 1. The number of rotatable bonds is 21. The molecule has 65 heavy (non-hydrogen) atoms. The van der Waals surface area contributed by atoms with Gasteiger partial charge in [0.2, 0.25) is 0 Å². The number of aromatic nitrogens is 2. The molecule has 336 valence electrons. The number of carbonyl (C=O) groups excluding carboxylic acids is 1. The minimum atomic E-state index is -1.11. The van der Waals surface area contributed by atoms with E-state index >= 15 is 0 Å². The van der Waals surface area contributed by atoms with Crippen LogP contribution in [0.1, 0.15) is 64.2 Å². The highest BCUT2D eigenvalue weighted by atomic mass is 32.2. The van der Waals surface area contributed by atoms with Crippen LogP contribution in [-0.4, -0.2) is 75.0 Å². The predicted octanol–water partition coefficient (Wildman–Crippen LogP) is 11.4. The lowest BCUT2D eigenvalue weighted by atomic mass is 9.96. The van der Waals surface area contributed by atoms with Gasteiger partial charge in [0.15, 0.2) is 5.69 Å². The average Bonchev–Trinajstić information content (AvgIpc) is 3.67. The van der Waals surface area contributed by atoms with Crippen LogP contribution >= 0.6 is 23.7 Å². The molecule has 0 fully saturated rings. The van der Waals surface area contributed by atoms with Crippen molar-refractivity contribution in [2.24, 2.45) is 5.92 Å². The number of fused-ring (bicyclic) bond motifs is 2. The van der Waals surface area contributed by atoms with Gasteiger partial charge in [0.05, 0.1) is 22.7 Å². The van der Waals surface area contributed by atoms with E-state index < -0.39 is 10.9 Å². The molecule has 7 aromatic rings. The quantitative estimate of drug-likeness (QED) is 0.0208. The molecule has 0 spiro atoms. The highest BCUT2D eigenvalue weighted by Gasteiger charge is 2.23. The molecule has 2 heterocycles. The fraction of sp³-hybridized carbons (Fsp3) is 0.275.